The van der Waals surface area contributed by atoms with Gasteiger partial charge in [0, 0.05) is 18.7 Å². The van der Waals surface area contributed by atoms with Crippen molar-refractivity contribution in [1.29, 1.82) is 0 Å². The fourth-order valence-corrected chi connectivity index (χ4v) is 2.80. The molecule has 1 aromatic heterocycles. The van der Waals surface area contributed by atoms with Crippen LogP contribution in [0.3, 0.4) is 0 Å². The van der Waals surface area contributed by atoms with Crippen molar-refractivity contribution < 1.29 is 33.0 Å². The molecule has 2 N–H and O–H groups in total. The van der Waals surface area contributed by atoms with E-state index in [1.807, 2.05) is 30.3 Å². The molecular formula is C23H22N2O7. The first-order valence-electron chi connectivity index (χ1n) is 9.60. The lowest BCUT2D eigenvalue weighted by Crippen LogP contribution is -2.28. The molecule has 9 nitrogen and oxygen atoms in total. The third kappa shape index (κ3) is 5.66. The largest absolute Gasteiger partial charge is 0.493 e. The summed E-state index contributed by atoms with van der Waals surface area (Å²) in [6, 6.07) is 15.1. The van der Waals surface area contributed by atoms with Gasteiger partial charge in [-0.3, -0.25) is 9.59 Å². The van der Waals surface area contributed by atoms with Crippen LogP contribution in [0.25, 0.3) is 0 Å². The van der Waals surface area contributed by atoms with Gasteiger partial charge in [-0.15, -0.1) is 0 Å². The fourth-order valence-electron chi connectivity index (χ4n) is 2.80. The number of hydrogen-bond donors (Lipinski definition) is 2. The van der Waals surface area contributed by atoms with Crippen molar-refractivity contribution in [3.8, 4) is 11.5 Å². The Labute approximate surface area is 184 Å². The van der Waals surface area contributed by atoms with Gasteiger partial charge in [-0.2, -0.15) is 0 Å². The second kappa shape index (κ2) is 10.7. The minimum atomic E-state index is -0.824. The summed E-state index contributed by atoms with van der Waals surface area (Å²) >= 11 is 0. The Hall–Kier alpha value is -4.27. The summed E-state index contributed by atoms with van der Waals surface area (Å²) in [5.74, 6) is -1.26. The number of furan rings is 1. The van der Waals surface area contributed by atoms with Crippen molar-refractivity contribution in [3.63, 3.8) is 0 Å². The van der Waals surface area contributed by atoms with Crippen molar-refractivity contribution in [3.05, 3.63) is 77.7 Å². The molecule has 0 aliphatic heterocycles. The molecule has 0 bridgehead atoms. The van der Waals surface area contributed by atoms with Gasteiger partial charge >= 0.3 is 5.97 Å². The van der Waals surface area contributed by atoms with E-state index in [1.165, 1.54) is 38.7 Å². The van der Waals surface area contributed by atoms with Crippen molar-refractivity contribution in [2.45, 2.75) is 6.54 Å². The van der Waals surface area contributed by atoms with Crippen molar-refractivity contribution in [1.82, 2.24) is 5.32 Å². The van der Waals surface area contributed by atoms with Gasteiger partial charge in [-0.1, -0.05) is 30.3 Å². The van der Waals surface area contributed by atoms with E-state index in [4.69, 9.17) is 18.6 Å². The molecule has 166 valence electrons. The molecule has 0 saturated carbocycles. The van der Waals surface area contributed by atoms with E-state index in [2.05, 4.69) is 10.6 Å². The zero-order valence-corrected chi connectivity index (χ0v) is 17.5. The first-order valence-corrected chi connectivity index (χ1v) is 9.60. The number of rotatable bonds is 9. The van der Waals surface area contributed by atoms with Gasteiger partial charge < -0.3 is 29.3 Å². The highest BCUT2D eigenvalue weighted by atomic mass is 16.5. The summed E-state index contributed by atoms with van der Waals surface area (Å²) in [6.45, 7) is -0.191. The summed E-state index contributed by atoms with van der Waals surface area (Å²) in [6.07, 6.45) is 1.35. The summed E-state index contributed by atoms with van der Waals surface area (Å²) in [5, 5.41) is 5.25. The maximum Gasteiger partial charge on any atom is 0.340 e. The van der Waals surface area contributed by atoms with Gasteiger partial charge in [-0.05, 0) is 17.7 Å². The maximum absolute atomic E-state index is 12.7. The van der Waals surface area contributed by atoms with E-state index >= 15 is 0 Å². The highest BCUT2D eigenvalue weighted by Crippen LogP contribution is 2.34. The number of nitrogens with one attached hydrogen (secondary N) is 2. The molecule has 9 heteroatoms. The molecule has 0 saturated heterocycles. The lowest BCUT2D eigenvalue weighted by Gasteiger charge is -2.15. The summed E-state index contributed by atoms with van der Waals surface area (Å²) in [4.78, 5) is 37.2. The third-order valence-electron chi connectivity index (χ3n) is 4.40. The predicted molar refractivity (Wildman–Crippen MR) is 115 cm³/mol. The zero-order chi connectivity index (χ0) is 22.9. The molecule has 0 fully saturated rings. The van der Waals surface area contributed by atoms with Gasteiger partial charge in [0.25, 0.3) is 11.8 Å². The van der Waals surface area contributed by atoms with Gasteiger partial charge in [-0.25, -0.2) is 4.79 Å². The maximum atomic E-state index is 12.7. The molecule has 3 rings (SSSR count). The molecule has 1 heterocycles. The molecule has 2 amide bonds. The van der Waals surface area contributed by atoms with Gasteiger partial charge in [0.05, 0.1) is 31.7 Å². The number of anilines is 1. The van der Waals surface area contributed by atoms with Crippen LogP contribution in [-0.2, 0) is 16.1 Å². The smallest absolute Gasteiger partial charge is 0.340 e. The van der Waals surface area contributed by atoms with Crippen LogP contribution in [0.4, 0.5) is 5.69 Å². The molecule has 2 aromatic carbocycles. The Balaban J connectivity index is 1.71. The molecule has 0 atom stereocenters. The Kier molecular flexibility index (Phi) is 7.47. The molecular weight excluding hydrogens is 416 g/mol. The number of esters is 1. The lowest BCUT2D eigenvalue weighted by atomic mass is 10.1. The van der Waals surface area contributed by atoms with Gasteiger partial charge in [0.2, 0.25) is 0 Å². The van der Waals surface area contributed by atoms with Crippen LogP contribution >= 0.6 is 0 Å². The zero-order valence-electron chi connectivity index (χ0n) is 17.5. The first-order chi connectivity index (χ1) is 15.5. The second-order valence-corrected chi connectivity index (χ2v) is 6.52. The Bertz CT molecular complexity index is 1080. The molecule has 3 aromatic rings. The monoisotopic (exact) mass is 438 g/mol. The quantitative estimate of drug-likeness (QED) is 0.493. The lowest BCUT2D eigenvalue weighted by molar-refractivity contribution is -0.124. The van der Waals surface area contributed by atoms with Gasteiger partial charge in [0.15, 0.2) is 23.9 Å². The molecule has 32 heavy (non-hydrogen) atoms. The van der Waals surface area contributed by atoms with Crippen LogP contribution in [0.1, 0.15) is 26.5 Å². The minimum absolute atomic E-state index is 0.0154. The van der Waals surface area contributed by atoms with E-state index in [0.29, 0.717) is 12.3 Å². The average Bonchev–Trinajstić information content (AvgIpc) is 3.36. The number of amides is 2. The highest BCUT2D eigenvalue weighted by molar-refractivity contribution is 6.07. The van der Waals surface area contributed by atoms with Crippen molar-refractivity contribution in [2.75, 3.05) is 26.1 Å². The van der Waals surface area contributed by atoms with Crippen molar-refractivity contribution in [2.24, 2.45) is 0 Å². The average molecular weight is 438 g/mol. The Morgan fingerprint density at radius 3 is 2.31 bits per heavy atom. The van der Waals surface area contributed by atoms with Crippen LogP contribution in [0, 0.1) is 0 Å². The molecule has 0 spiro atoms. The van der Waals surface area contributed by atoms with E-state index in [9.17, 15) is 14.4 Å². The van der Waals surface area contributed by atoms with E-state index in [0.717, 1.165) is 5.56 Å². The molecule has 0 radical (unpaired) electrons. The normalized spacial score (nSPS) is 10.2. The fraction of sp³-hybridized carbons (Fsp3) is 0.174. The van der Waals surface area contributed by atoms with E-state index < -0.39 is 24.4 Å². The summed E-state index contributed by atoms with van der Waals surface area (Å²) in [5.41, 5.74) is 1.01. The molecule has 0 aliphatic rings. The van der Waals surface area contributed by atoms with E-state index in [1.54, 1.807) is 6.07 Å². The van der Waals surface area contributed by atoms with Crippen LogP contribution in [-0.4, -0.2) is 38.6 Å². The topological polar surface area (TPSA) is 116 Å². The first kappa shape index (κ1) is 22.4. The number of carbonyl (C=O) groups is 3. The SMILES string of the molecule is COc1cc(NC(=O)c2ccco2)c(C(=O)OCC(=O)NCc2ccccc2)cc1OC. The molecule has 0 aliphatic carbocycles. The number of methoxy groups -OCH3 is 2. The highest BCUT2D eigenvalue weighted by Gasteiger charge is 2.21. The predicted octanol–water partition coefficient (Wildman–Crippen LogP) is 3.02. The van der Waals surface area contributed by atoms with Crippen LogP contribution in [0.15, 0.2) is 65.3 Å². The van der Waals surface area contributed by atoms with E-state index in [-0.39, 0.29) is 22.8 Å². The second-order valence-electron chi connectivity index (χ2n) is 6.52. The Morgan fingerprint density at radius 1 is 0.938 bits per heavy atom. The number of ether oxygens (including phenoxy) is 3. The van der Waals surface area contributed by atoms with Crippen LogP contribution in [0.5, 0.6) is 11.5 Å². The van der Waals surface area contributed by atoms with Crippen LogP contribution in [0.2, 0.25) is 0 Å². The standard InChI is InChI=1S/C23H22N2O7/c1-29-19-11-16(17(12-20(19)30-2)25-22(27)18-9-6-10-31-18)23(28)32-14-21(26)24-13-15-7-4-3-5-8-15/h3-12H,13-14H2,1-2H3,(H,24,26)(H,25,27). The summed E-state index contributed by atoms with van der Waals surface area (Å²) < 4.78 is 20.7. The Morgan fingerprint density at radius 2 is 1.66 bits per heavy atom. The van der Waals surface area contributed by atoms with Crippen LogP contribution < -0.4 is 20.1 Å². The number of benzene rings is 2. The minimum Gasteiger partial charge on any atom is -0.493 e. The van der Waals surface area contributed by atoms with Crippen molar-refractivity contribution >= 4 is 23.5 Å². The third-order valence-corrected chi connectivity index (χ3v) is 4.40. The summed E-state index contributed by atoms with van der Waals surface area (Å²) in [7, 11) is 2.83. The molecule has 0 unspecified atom stereocenters. The number of carbonyl (C=O) groups excluding carboxylic acids is 3. The van der Waals surface area contributed by atoms with Gasteiger partial charge in [0.1, 0.15) is 0 Å². The number of hydrogen-bond acceptors (Lipinski definition) is 7.